The molecule has 1 aromatic rings. The van der Waals surface area contributed by atoms with Gasteiger partial charge in [0.25, 0.3) is 0 Å². The van der Waals surface area contributed by atoms with Crippen LogP contribution in [0.4, 0.5) is 0 Å². The maximum absolute atomic E-state index is 3.19. The maximum atomic E-state index is 3.19. The van der Waals surface area contributed by atoms with E-state index >= 15 is 0 Å². The first kappa shape index (κ1) is 10.3. The molecule has 1 aromatic carbocycles. The molecule has 0 aliphatic rings. The fourth-order valence-electron chi connectivity index (χ4n) is 1.71. The van der Waals surface area contributed by atoms with E-state index in [0.29, 0.717) is 5.92 Å². The lowest BCUT2D eigenvalue weighted by Gasteiger charge is -2.13. The minimum absolute atomic E-state index is 0.622. The molecule has 0 spiro atoms. The van der Waals surface area contributed by atoms with E-state index in [9.17, 15) is 0 Å². The van der Waals surface area contributed by atoms with Crippen LogP contribution in [-0.2, 0) is 6.54 Å². The molecule has 0 bridgehead atoms. The molecule has 0 amide bonds. The molecule has 0 atom stereocenters. The van der Waals surface area contributed by atoms with Crippen LogP contribution >= 0.6 is 0 Å². The summed E-state index contributed by atoms with van der Waals surface area (Å²) in [5, 5.41) is 3.19. The van der Waals surface area contributed by atoms with Crippen molar-refractivity contribution in [2.24, 2.45) is 0 Å². The van der Waals surface area contributed by atoms with Crippen molar-refractivity contribution in [2.75, 3.05) is 7.05 Å². The summed E-state index contributed by atoms with van der Waals surface area (Å²) in [6, 6.07) is 6.56. The molecule has 1 nitrogen and oxygen atoms in total. The molecule has 0 aliphatic heterocycles. The quantitative estimate of drug-likeness (QED) is 0.748. The lowest BCUT2D eigenvalue weighted by molar-refractivity contribution is 0.796. The van der Waals surface area contributed by atoms with E-state index in [4.69, 9.17) is 0 Å². The summed E-state index contributed by atoms with van der Waals surface area (Å²) in [5.41, 5.74) is 4.31. The smallest absolute Gasteiger partial charge is 0.0205 e. The lowest BCUT2D eigenvalue weighted by Crippen LogP contribution is -2.08. The molecule has 72 valence electrons. The van der Waals surface area contributed by atoms with Gasteiger partial charge in [0.15, 0.2) is 0 Å². The molecule has 1 heteroatoms. The van der Waals surface area contributed by atoms with Gasteiger partial charge in [-0.1, -0.05) is 32.0 Å². The Balaban J connectivity index is 3.03. The summed E-state index contributed by atoms with van der Waals surface area (Å²) in [7, 11) is 1.99. The average molecular weight is 177 g/mol. The number of hydrogen-bond acceptors (Lipinski definition) is 1. The number of nitrogens with one attached hydrogen (secondary N) is 1. The van der Waals surface area contributed by atoms with Gasteiger partial charge in [0.2, 0.25) is 0 Å². The molecule has 0 heterocycles. The highest BCUT2D eigenvalue weighted by atomic mass is 14.8. The first-order chi connectivity index (χ1) is 6.16. The Kier molecular flexibility index (Phi) is 3.49. The Morgan fingerprint density at radius 1 is 1.31 bits per heavy atom. The van der Waals surface area contributed by atoms with Crippen molar-refractivity contribution in [1.29, 1.82) is 0 Å². The molecular formula is C12H19N. The molecule has 13 heavy (non-hydrogen) atoms. The van der Waals surface area contributed by atoms with Crippen LogP contribution in [-0.4, -0.2) is 7.05 Å². The Morgan fingerprint density at radius 3 is 2.54 bits per heavy atom. The van der Waals surface area contributed by atoms with E-state index < -0.39 is 0 Å². The van der Waals surface area contributed by atoms with E-state index in [2.05, 4.69) is 44.3 Å². The Labute approximate surface area is 81.2 Å². The van der Waals surface area contributed by atoms with Crippen LogP contribution < -0.4 is 5.32 Å². The van der Waals surface area contributed by atoms with Crippen LogP contribution in [0.1, 0.15) is 36.5 Å². The first-order valence-corrected chi connectivity index (χ1v) is 4.89. The van der Waals surface area contributed by atoms with Gasteiger partial charge in [-0.15, -0.1) is 0 Å². The van der Waals surface area contributed by atoms with Gasteiger partial charge in [0.1, 0.15) is 0 Å². The molecule has 0 aromatic heterocycles. The monoisotopic (exact) mass is 177 g/mol. The van der Waals surface area contributed by atoms with E-state index in [-0.39, 0.29) is 0 Å². The van der Waals surface area contributed by atoms with Gasteiger partial charge >= 0.3 is 0 Å². The van der Waals surface area contributed by atoms with Crippen molar-refractivity contribution in [2.45, 2.75) is 33.2 Å². The van der Waals surface area contributed by atoms with Crippen molar-refractivity contribution in [3.8, 4) is 0 Å². The van der Waals surface area contributed by atoms with E-state index in [0.717, 1.165) is 6.54 Å². The minimum Gasteiger partial charge on any atom is -0.316 e. The summed E-state index contributed by atoms with van der Waals surface area (Å²) in [6.45, 7) is 7.66. The molecule has 0 fully saturated rings. The van der Waals surface area contributed by atoms with Gasteiger partial charge in [-0.05, 0) is 36.6 Å². The van der Waals surface area contributed by atoms with Crippen molar-refractivity contribution in [1.82, 2.24) is 5.32 Å². The van der Waals surface area contributed by atoms with E-state index in [1.807, 2.05) is 7.05 Å². The average Bonchev–Trinajstić information content (AvgIpc) is 2.08. The Hall–Kier alpha value is -0.820. The van der Waals surface area contributed by atoms with Crippen molar-refractivity contribution < 1.29 is 0 Å². The molecule has 0 aliphatic carbocycles. The molecule has 0 saturated heterocycles. The molecular weight excluding hydrogens is 158 g/mol. The highest BCUT2D eigenvalue weighted by molar-refractivity contribution is 5.35. The van der Waals surface area contributed by atoms with Crippen LogP contribution in [0.5, 0.6) is 0 Å². The summed E-state index contributed by atoms with van der Waals surface area (Å²) in [5.74, 6) is 0.622. The zero-order valence-corrected chi connectivity index (χ0v) is 9.02. The number of rotatable bonds is 3. The Morgan fingerprint density at radius 2 is 2.00 bits per heavy atom. The van der Waals surface area contributed by atoms with Gasteiger partial charge in [0.05, 0.1) is 0 Å². The third kappa shape index (κ3) is 2.31. The fraction of sp³-hybridized carbons (Fsp3) is 0.500. The first-order valence-electron chi connectivity index (χ1n) is 4.89. The van der Waals surface area contributed by atoms with Gasteiger partial charge in [-0.3, -0.25) is 0 Å². The highest BCUT2D eigenvalue weighted by Crippen LogP contribution is 2.21. The third-order valence-corrected chi connectivity index (χ3v) is 2.48. The highest BCUT2D eigenvalue weighted by Gasteiger charge is 2.05. The van der Waals surface area contributed by atoms with Crippen LogP contribution in [0.15, 0.2) is 18.2 Å². The molecule has 1 rings (SSSR count). The summed E-state index contributed by atoms with van der Waals surface area (Å²) in [4.78, 5) is 0. The molecule has 0 radical (unpaired) electrons. The van der Waals surface area contributed by atoms with E-state index in [1.54, 1.807) is 0 Å². The summed E-state index contributed by atoms with van der Waals surface area (Å²) >= 11 is 0. The van der Waals surface area contributed by atoms with Crippen LogP contribution in [0, 0.1) is 6.92 Å². The summed E-state index contributed by atoms with van der Waals surface area (Å²) < 4.78 is 0. The van der Waals surface area contributed by atoms with Gasteiger partial charge in [-0.25, -0.2) is 0 Å². The third-order valence-electron chi connectivity index (χ3n) is 2.48. The zero-order chi connectivity index (χ0) is 9.84. The van der Waals surface area contributed by atoms with Crippen molar-refractivity contribution in [3.63, 3.8) is 0 Å². The molecule has 0 saturated carbocycles. The van der Waals surface area contributed by atoms with Crippen LogP contribution in [0.3, 0.4) is 0 Å². The second-order valence-corrected chi connectivity index (χ2v) is 3.82. The van der Waals surface area contributed by atoms with Crippen molar-refractivity contribution in [3.05, 3.63) is 34.9 Å². The Bertz CT molecular complexity index is 276. The van der Waals surface area contributed by atoms with Gasteiger partial charge in [0, 0.05) is 6.54 Å². The zero-order valence-electron chi connectivity index (χ0n) is 9.02. The normalized spacial score (nSPS) is 10.8. The summed E-state index contributed by atoms with van der Waals surface area (Å²) in [6.07, 6.45) is 0. The standard InChI is InChI=1S/C12H19N/c1-9(2)12-7-5-6-11(8-13-4)10(12)3/h5-7,9,13H,8H2,1-4H3. The SMILES string of the molecule is CNCc1cccc(C(C)C)c1C. The lowest BCUT2D eigenvalue weighted by atomic mass is 9.94. The predicted molar refractivity (Wildman–Crippen MR) is 58.0 cm³/mol. The number of benzene rings is 1. The molecule has 0 unspecified atom stereocenters. The maximum Gasteiger partial charge on any atom is 0.0205 e. The van der Waals surface area contributed by atoms with Crippen LogP contribution in [0.25, 0.3) is 0 Å². The largest absolute Gasteiger partial charge is 0.316 e. The number of hydrogen-bond donors (Lipinski definition) is 1. The second-order valence-electron chi connectivity index (χ2n) is 3.82. The van der Waals surface area contributed by atoms with Gasteiger partial charge in [-0.2, -0.15) is 0 Å². The predicted octanol–water partition coefficient (Wildman–Crippen LogP) is 2.84. The minimum atomic E-state index is 0.622. The van der Waals surface area contributed by atoms with Crippen molar-refractivity contribution >= 4 is 0 Å². The van der Waals surface area contributed by atoms with E-state index in [1.165, 1.54) is 16.7 Å². The second kappa shape index (κ2) is 4.43. The fourth-order valence-corrected chi connectivity index (χ4v) is 1.71. The van der Waals surface area contributed by atoms with Crippen LogP contribution in [0.2, 0.25) is 0 Å². The topological polar surface area (TPSA) is 12.0 Å². The van der Waals surface area contributed by atoms with Gasteiger partial charge < -0.3 is 5.32 Å². The molecule has 1 N–H and O–H groups in total.